The number of alkyl carbamates (subject to hydrolysis) is 1. The van der Waals surface area contributed by atoms with Gasteiger partial charge in [0.25, 0.3) is 11.8 Å². The van der Waals surface area contributed by atoms with Gasteiger partial charge >= 0.3 is 18.0 Å². The molecule has 3 aromatic rings. The van der Waals surface area contributed by atoms with Gasteiger partial charge in [-0.25, -0.2) is 23.8 Å². The lowest BCUT2D eigenvalue weighted by molar-refractivity contribution is -0.150. The number of nitrogens with zero attached hydrogens (tertiary/aromatic N) is 5. The van der Waals surface area contributed by atoms with Crippen LogP contribution in [0.5, 0.6) is 0 Å². The van der Waals surface area contributed by atoms with Gasteiger partial charge in [0.15, 0.2) is 10.8 Å². The highest BCUT2D eigenvalue weighted by Crippen LogP contribution is 2.43. The summed E-state index contributed by atoms with van der Waals surface area (Å²) in [6, 6.07) is -0.712. The number of thioether (sulfide) groups is 1. The van der Waals surface area contributed by atoms with Gasteiger partial charge in [0.2, 0.25) is 5.43 Å². The average Bonchev–Trinajstić information content (AvgIpc) is 3.73. The molecule has 284 valence electrons. The highest BCUT2D eigenvalue weighted by molar-refractivity contribution is 8.00. The molecule has 7 rings (SSSR count). The molecule has 5 heterocycles. The fourth-order valence-corrected chi connectivity index (χ4v) is 8.94. The third kappa shape index (κ3) is 6.66. The molecular formula is C32H30ClFN8O10S2. The summed E-state index contributed by atoms with van der Waals surface area (Å²) in [4.78, 5) is 87.4. The molecule has 1 saturated carbocycles. The summed E-state index contributed by atoms with van der Waals surface area (Å²) in [5.41, 5.74) is 4.27. The summed E-state index contributed by atoms with van der Waals surface area (Å²) in [5, 5.41) is 29.2. The Morgan fingerprint density at radius 1 is 1.17 bits per heavy atom. The van der Waals surface area contributed by atoms with Gasteiger partial charge in [0.05, 0.1) is 27.7 Å². The number of rotatable bonds is 11. The zero-order valence-electron chi connectivity index (χ0n) is 28.0. The van der Waals surface area contributed by atoms with Gasteiger partial charge in [0, 0.05) is 42.0 Å². The number of hydrogen-bond donors (Lipinski definition) is 5. The molecular weight excluding hydrogens is 775 g/mol. The lowest BCUT2D eigenvalue weighted by Gasteiger charge is -2.49. The molecule has 1 unspecified atom stereocenters. The van der Waals surface area contributed by atoms with Crippen LogP contribution in [-0.2, 0) is 24.0 Å². The first-order valence-electron chi connectivity index (χ1n) is 16.3. The maximum atomic E-state index is 15.6. The Hall–Kier alpha value is -5.41. The van der Waals surface area contributed by atoms with E-state index in [1.165, 1.54) is 18.7 Å². The van der Waals surface area contributed by atoms with Crippen LogP contribution < -0.4 is 26.7 Å². The van der Waals surface area contributed by atoms with Crippen LogP contribution in [0.25, 0.3) is 10.9 Å². The van der Waals surface area contributed by atoms with E-state index in [-0.39, 0.29) is 74.3 Å². The van der Waals surface area contributed by atoms with Crippen molar-refractivity contribution in [3.05, 3.63) is 61.2 Å². The average molecular weight is 805 g/mol. The number of halogens is 2. The van der Waals surface area contributed by atoms with Crippen LogP contribution >= 0.6 is 34.7 Å². The van der Waals surface area contributed by atoms with E-state index >= 15 is 4.39 Å². The van der Waals surface area contributed by atoms with Gasteiger partial charge in [-0.05, 0) is 25.3 Å². The minimum atomic E-state index is -1.43. The number of β-lactam (4-membered cyclic amide) rings is 1. The zero-order valence-corrected chi connectivity index (χ0v) is 30.4. The van der Waals surface area contributed by atoms with Crippen molar-refractivity contribution in [2.75, 3.05) is 43.2 Å². The van der Waals surface area contributed by atoms with Crippen LogP contribution in [0.15, 0.2) is 38.9 Å². The number of carbonyl (C=O) groups excluding carboxylic acids is 3. The predicted octanol–water partition coefficient (Wildman–Crippen LogP) is 1.96. The zero-order chi connectivity index (χ0) is 38.6. The number of anilines is 2. The number of nitrogens with one attached hydrogen (secondary N) is 2. The number of oxime groups is 1. The van der Waals surface area contributed by atoms with E-state index in [2.05, 4.69) is 20.8 Å². The molecule has 3 fully saturated rings. The maximum Gasteiger partial charge on any atom is 0.407 e. The van der Waals surface area contributed by atoms with Crippen LogP contribution in [0.1, 0.15) is 41.4 Å². The molecule has 3 aliphatic heterocycles. The number of hydrogen-bond acceptors (Lipinski definition) is 14. The third-order valence-corrected chi connectivity index (χ3v) is 11.6. The first kappa shape index (κ1) is 36.9. The highest BCUT2D eigenvalue weighted by Gasteiger charge is 2.54. The number of thiazole rings is 1. The number of carboxylic acid groups (broad SMARTS) is 2. The van der Waals surface area contributed by atoms with Crippen molar-refractivity contribution in [3.63, 3.8) is 0 Å². The van der Waals surface area contributed by atoms with Crippen molar-refractivity contribution >= 4 is 92.0 Å². The lowest BCUT2D eigenvalue weighted by atomic mass is 10.0. The fourth-order valence-electron chi connectivity index (χ4n) is 6.65. The van der Waals surface area contributed by atoms with Crippen LogP contribution in [-0.4, -0.2) is 110 Å². The minimum Gasteiger partial charge on any atom is -0.477 e. The molecule has 6 N–H and O–H groups in total. The number of nitrogens with two attached hydrogens (primary N) is 1. The number of benzene rings is 1. The molecule has 22 heteroatoms. The van der Waals surface area contributed by atoms with Gasteiger partial charge in [0.1, 0.15) is 47.9 Å². The van der Waals surface area contributed by atoms with E-state index in [0.717, 1.165) is 46.9 Å². The smallest absolute Gasteiger partial charge is 0.407 e. The number of pyridine rings is 1. The Bertz CT molecular complexity index is 2260. The molecule has 0 bridgehead atoms. The molecule has 3 amide bonds. The Morgan fingerprint density at radius 3 is 2.57 bits per heavy atom. The molecule has 0 radical (unpaired) electrons. The monoisotopic (exact) mass is 804 g/mol. The number of amides is 3. The van der Waals surface area contributed by atoms with E-state index in [0.29, 0.717) is 6.42 Å². The summed E-state index contributed by atoms with van der Waals surface area (Å²) in [6.07, 6.45) is 2.20. The predicted molar refractivity (Wildman–Crippen MR) is 193 cm³/mol. The van der Waals surface area contributed by atoms with Crippen molar-refractivity contribution < 1.29 is 48.2 Å². The number of nitrogen functional groups attached to an aromatic ring is 1. The van der Waals surface area contributed by atoms with E-state index < -0.39 is 70.7 Å². The van der Waals surface area contributed by atoms with Gasteiger partial charge < -0.3 is 45.6 Å². The summed E-state index contributed by atoms with van der Waals surface area (Å²) in [6.45, 7) is -0.0744. The molecule has 2 aromatic heterocycles. The van der Waals surface area contributed by atoms with Crippen molar-refractivity contribution in [1.29, 1.82) is 0 Å². The minimum absolute atomic E-state index is 0.00694. The number of fused-ring (bicyclic) bond motifs is 2. The normalized spacial score (nSPS) is 21.1. The number of aromatic nitrogens is 2. The summed E-state index contributed by atoms with van der Waals surface area (Å²) in [5.74, 6) is -5.09. The SMILES string of the molecule is CO/N=C(\C(=O)N[C@@H]1C(=O)N2C(C(=O)O)=C(COC(=O)NC3CCN(c4c(F)cc5c(=O)c(C(=O)O)cn(C6CC6)c5c4Cl)C3)CS[C@H]12)c1csc(N)n1. The first-order valence-corrected chi connectivity index (χ1v) is 18.6. The Balaban J connectivity index is 0.996. The Kier molecular flexibility index (Phi) is 9.87. The molecule has 54 heavy (non-hydrogen) atoms. The molecule has 4 aliphatic rings. The summed E-state index contributed by atoms with van der Waals surface area (Å²) >= 11 is 8.98. The van der Waals surface area contributed by atoms with Gasteiger partial charge in [-0.15, -0.1) is 23.1 Å². The molecule has 1 aliphatic carbocycles. The molecule has 2 saturated heterocycles. The van der Waals surface area contributed by atoms with Crippen molar-refractivity contribution in [1.82, 2.24) is 25.1 Å². The number of ether oxygens (including phenoxy) is 1. The first-order chi connectivity index (χ1) is 25.8. The van der Waals surface area contributed by atoms with Crippen LogP contribution in [0.2, 0.25) is 5.02 Å². The number of carbonyl (C=O) groups is 5. The van der Waals surface area contributed by atoms with E-state index in [4.69, 9.17) is 26.9 Å². The number of aromatic carboxylic acids is 1. The second kappa shape index (κ2) is 14.4. The molecule has 1 aromatic carbocycles. The molecule has 0 spiro atoms. The third-order valence-electron chi connectivity index (χ3n) is 9.26. The van der Waals surface area contributed by atoms with Crippen molar-refractivity contribution in [3.8, 4) is 0 Å². The number of carboxylic acids is 2. The van der Waals surface area contributed by atoms with E-state index in [1.807, 2.05) is 0 Å². The van der Waals surface area contributed by atoms with Crippen molar-refractivity contribution in [2.45, 2.75) is 42.8 Å². The van der Waals surface area contributed by atoms with Gasteiger partial charge in [-0.2, -0.15) is 0 Å². The Morgan fingerprint density at radius 2 is 1.93 bits per heavy atom. The van der Waals surface area contributed by atoms with Crippen LogP contribution in [0.4, 0.5) is 20.0 Å². The molecule has 3 atom stereocenters. The van der Waals surface area contributed by atoms with E-state index in [1.54, 1.807) is 9.47 Å². The maximum absolute atomic E-state index is 15.6. The largest absolute Gasteiger partial charge is 0.477 e. The quantitative estimate of drug-likeness (QED) is 0.106. The fraction of sp³-hybridized carbons (Fsp3) is 0.375. The standard InChI is InChI=1S/C32H30ClFN8O10S2/c1-51-39-20(18-11-54-31(35)37-18)26(44)38-21-27(45)42-22(30(48)49)12(10-53-28(21)42)9-52-32(50)36-13-4-5-40(7-13)24-17(34)6-15-23(19(24)33)41(14-2-3-14)8-16(25(15)43)29(46)47/h6,8,11,13-14,21,28H,2-5,7,9-10H2,1H3,(H2,35,37)(H,36,50)(H,38,44)(H,46,47)(H,48,49)/b39-20-/t13?,21-,28-/m1/s1. The number of aliphatic carboxylic acids is 1. The van der Waals surface area contributed by atoms with E-state index in [9.17, 15) is 39.0 Å². The Labute approximate surface area is 316 Å². The topological polar surface area (TPSA) is 248 Å². The van der Waals surface area contributed by atoms with Gasteiger partial charge in [-0.1, -0.05) is 16.8 Å². The second-order valence-corrected chi connectivity index (χ2v) is 15.1. The highest BCUT2D eigenvalue weighted by atomic mass is 35.5. The summed E-state index contributed by atoms with van der Waals surface area (Å²) < 4.78 is 22.5. The summed E-state index contributed by atoms with van der Waals surface area (Å²) in [7, 11) is 1.23. The second-order valence-electron chi connectivity index (χ2n) is 12.7. The van der Waals surface area contributed by atoms with Crippen LogP contribution in [0, 0.1) is 5.82 Å². The van der Waals surface area contributed by atoms with Crippen LogP contribution in [0.3, 0.4) is 0 Å². The van der Waals surface area contributed by atoms with Crippen molar-refractivity contribution in [2.24, 2.45) is 5.16 Å². The lowest BCUT2D eigenvalue weighted by Crippen LogP contribution is -2.71. The molecule has 18 nitrogen and oxygen atoms in total. The van der Waals surface area contributed by atoms with Gasteiger partial charge in [-0.3, -0.25) is 19.3 Å².